The molecule has 2 heterocycles. The zero-order chi connectivity index (χ0) is 22.7. The van der Waals surface area contributed by atoms with Crippen LogP contribution in [-0.4, -0.2) is 29.7 Å². The molecule has 5 rings (SSSR count). The van der Waals surface area contributed by atoms with E-state index in [2.05, 4.69) is 11.5 Å². The maximum absolute atomic E-state index is 13.7. The van der Waals surface area contributed by atoms with E-state index in [1.165, 1.54) is 5.56 Å². The molecule has 1 N–H and O–H groups in total. The van der Waals surface area contributed by atoms with E-state index in [-0.39, 0.29) is 11.7 Å². The summed E-state index contributed by atoms with van der Waals surface area (Å²) in [5.74, 6) is 2.02. The molecule has 166 valence electrons. The molecule has 1 saturated carbocycles. The fraction of sp³-hybridized carbons (Fsp3) is 0.370. The van der Waals surface area contributed by atoms with Gasteiger partial charge in [-0.1, -0.05) is 0 Å². The SMILES string of the molecule is COc1cc2c(cc1OC)-c1c(C(=O)C3CC3)c(-c3cc(C)c(O)c(C)c3)c(C)n1CC2. The highest BCUT2D eigenvalue weighted by molar-refractivity contribution is 6.11. The van der Waals surface area contributed by atoms with Crippen LogP contribution in [0.25, 0.3) is 22.4 Å². The Bertz CT molecular complexity index is 1240. The van der Waals surface area contributed by atoms with Crippen molar-refractivity contribution in [3.63, 3.8) is 0 Å². The van der Waals surface area contributed by atoms with Crippen LogP contribution in [0.5, 0.6) is 17.2 Å². The number of phenolic OH excluding ortho intramolecular Hbond substituents is 1. The maximum Gasteiger partial charge on any atom is 0.168 e. The Kier molecular flexibility index (Phi) is 4.81. The minimum absolute atomic E-state index is 0.102. The second-order valence-corrected chi connectivity index (χ2v) is 9.05. The van der Waals surface area contributed by atoms with E-state index in [9.17, 15) is 9.90 Å². The summed E-state index contributed by atoms with van der Waals surface area (Å²) >= 11 is 0. The number of carbonyl (C=O) groups excluding carboxylic acids is 1. The number of ketones is 1. The molecule has 2 aromatic carbocycles. The standard InChI is InChI=1S/C27H29NO4/c1-14-10-19(11-15(2)26(14)29)23-16(3)28-9-8-18-12-21(31-4)22(32-5)13-20(18)25(28)24(23)27(30)17-6-7-17/h10-13,17,29H,6-9H2,1-5H3. The molecule has 32 heavy (non-hydrogen) atoms. The van der Waals surface area contributed by atoms with Gasteiger partial charge in [0.15, 0.2) is 17.3 Å². The molecule has 0 unspecified atom stereocenters. The molecule has 0 atom stereocenters. The number of aryl methyl sites for hydroxylation is 3. The Morgan fingerprint density at radius 2 is 1.62 bits per heavy atom. The molecule has 1 aliphatic carbocycles. The average molecular weight is 432 g/mol. The number of hydrogen-bond acceptors (Lipinski definition) is 4. The molecule has 1 aromatic heterocycles. The molecule has 5 heteroatoms. The summed E-state index contributed by atoms with van der Waals surface area (Å²) in [6.45, 7) is 6.73. The third kappa shape index (κ3) is 3.02. The van der Waals surface area contributed by atoms with E-state index in [1.54, 1.807) is 14.2 Å². The number of aromatic hydroxyl groups is 1. The highest BCUT2D eigenvalue weighted by Crippen LogP contribution is 2.48. The first kappa shape index (κ1) is 20.7. The number of rotatable bonds is 5. The Balaban J connectivity index is 1.83. The first-order chi connectivity index (χ1) is 15.3. The monoisotopic (exact) mass is 431 g/mol. The maximum atomic E-state index is 13.7. The first-order valence-electron chi connectivity index (χ1n) is 11.2. The summed E-state index contributed by atoms with van der Waals surface area (Å²) in [6, 6.07) is 8.05. The lowest BCUT2D eigenvalue weighted by Gasteiger charge is -2.23. The molecule has 0 bridgehead atoms. The van der Waals surface area contributed by atoms with Gasteiger partial charge in [-0.05, 0) is 86.6 Å². The van der Waals surface area contributed by atoms with Crippen LogP contribution < -0.4 is 9.47 Å². The van der Waals surface area contributed by atoms with E-state index < -0.39 is 0 Å². The van der Waals surface area contributed by atoms with Crippen molar-refractivity contribution in [2.75, 3.05) is 14.2 Å². The van der Waals surface area contributed by atoms with Gasteiger partial charge in [0.2, 0.25) is 0 Å². The third-order valence-electron chi connectivity index (χ3n) is 6.97. The van der Waals surface area contributed by atoms with Crippen LogP contribution in [0.1, 0.15) is 45.6 Å². The Labute approximate surface area is 188 Å². The predicted octanol–water partition coefficient (Wildman–Crippen LogP) is 5.62. The number of carbonyl (C=O) groups is 1. The molecule has 0 spiro atoms. The summed E-state index contributed by atoms with van der Waals surface area (Å²) in [5.41, 5.74) is 8.72. The lowest BCUT2D eigenvalue weighted by Crippen LogP contribution is -2.14. The van der Waals surface area contributed by atoms with Crippen LogP contribution >= 0.6 is 0 Å². The van der Waals surface area contributed by atoms with E-state index >= 15 is 0 Å². The van der Waals surface area contributed by atoms with Gasteiger partial charge >= 0.3 is 0 Å². The van der Waals surface area contributed by atoms with Gasteiger partial charge in [-0.25, -0.2) is 0 Å². The summed E-state index contributed by atoms with van der Waals surface area (Å²) < 4.78 is 13.4. The molecular formula is C27H29NO4. The molecular weight excluding hydrogens is 402 g/mol. The molecule has 0 radical (unpaired) electrons. The van der Waals surface area contributed by atoms with E-state index in [1.807, 2.05) is 38.1 Å². The van der Waals surface area contributed by atoms with Crippen molar-refractivity contribution < 1.29 is 19.4 Å². The quantitative estimate of drug-likeness (QED) is 0.533. The number of methoxy groups -OCH3 is 2. The molecule has 5 nitrogen and oxygen atoms in total. The van der Waals surface area contributed by atoms with Crippen molar-refractivity contribution in [1.29, 1.82) is 0 Å². The smallest absolute Gasteiger partial charge is 0.168 e. The Morgan fingerprint density at radius 1 is 1.00 bits per heavy atom. The van der Waals surface area contributed by atoms with Gasteiger partial charge in [-0.3, -0.25) is 4.79 Å². The molecule has 1 aliphatic heterocycles. The van der Waals surface area contributed by atoms with E-state index in [4.69, 9.17) is 9.47 Å². The third-order valence-corrected chi connectivity index (χ3v) is 6.97. The second kappa shape index (κ2) is 7.44. The van der Waals surface area contributed by atoms with Crippen molar-refractivity contribution in [3.05, 3.63) is 52.2 Å². The molecule has 3 aromatic rings. The highest BCUT2D eigenvalue weighted by Gasteiger charge is 2.38. The van der Waals surface area contributed by atoms with Crippen molar-refractivity contribution in [3.8, 4) is 39.6 Å². The summed E-state index contributed by atoms with van der Waals surface area (Å²) in [6.07, 6.45) is 2.77. The van der Waals surface area contributed by atoms with Gasteiger partial charge in [0.1, 0.15) is 5.75 Å². The van der Waals surface area contributed by atoms with Gasteiger partial charge in [-0.2, -0.15) is 0 Å². The number of phenols is 1. The van der Waals surface area contributed by atoms with Crippen LogP contribution in [0, 0.1) is 26.7 Å². The fourth-order valence-corrected chi connectivity index (χ4v) is 5.12. The number of benzene rings is 2. The van der Waals surface area contributed by atoms with Crippen LogP contribution in [0.4, 0.5) is 0 Å². The van der Waals surface area contributed by atoms with E-state index in [0.717, 1.165) is 70.6 Å². The van der Waals surface area contributed by atoms with E-state index in [0.29, 0.717) is 17.2 Å². The molecule has 1 fully saturated rings. The van der Waals surface area contributed by atoms with Crippen LogP contribution in [0.15, 0.2) is 24.3 Å². The minimum Gasteiger partial charge on any atom is -0.507 e. The van der Waals surface area contributed by atoms with Crippen molar-refractivity contribution >= 4 is 5.78 Å². The summed E-state index contributed by atoms with van der Waals surface area (Å²) in [5, 5.41) is 10.3. The first-order valence-corrected chi connectivity index (χ1v) is 11.2. The highest BCUT2D eigenvalue weighted by atomic mass is 16.5. The number of nitrogens with zero attached hydrogens (tertiary/aromatic N) is 1. The van der Waals surface area contributed by atoms with Gasteiger partial charge in [0, 0.05) is 29.3 Å². The lowest BCUT2D eigenvalue weighted by atomic mass is 9.89. The molecule has 0 amide bonds. The number of Topliss-reactive ketones (excluding diaryl/α,β-unsaturated/α-hetero) is 1. The lowest BCUT2D eigenvalue weighted by molar-refractivity contribution is 0.0969. The van der Waals surface area contributed by atoms with Crippen LogP contribution in [-0.2, 0) is 13.0 Å². The van der Waals surface area contributed by atoms with Crippen molar-refractivity contribution in [2.45, 2.75) is 46.6 Å². The molecule has 2 aliphatic rings. The topological polar surface area (TPSA) is 60.7 Å². The summed E-state index contributed by atoms with van der Waals surface area (Å²) in [7, 11) is 3.29. The normalized spacial score (nSPS) is 14.7. The number of aromatic nitrogens is 1. The Morgan fingerprint density at radius 3 is 2.22 bits per heavy atom. The van der Waals surface area contributed by atoms with Gasteiger partial charge in [-0.15, -0.1) is 0 Å². The van der Waals surface area contributed by atoms with Gasteiger partial charge in [0.25, 0.3) is 0 Å². The second-order valence-electron chi connectivity index (χ2n) is 9.05. The van der Waals surface area contributed by atoms with Crippen molar-refractivity contribution in [2.24, 2.45) is 5.92 Å². The average Bonchev–Trinajstić information content (AvgIpc) is 3.59. The number of fused-ring (bicyclic) bond motifs is 3. The van der Waals surface area contributed by atoms with Crippen LogP contribution in [0.3, 0.4) is 0 Å². The van der Waals surface area contributed by atoms with Gasteiger partial charge in [0.05, 0.1) is 25.5 Å². The predicted molar refractivity (Wildman–Crippen MR) is 125 cm³/mol. The Hall–Kier alpha value is -3.21. The van der Waals surface area contributed by atoms with Crippen LogP contribution in [0.2, 0.25) is 0 Å². The van der Waals surface area contributed by atoms with Gasteiger partial charge < -0.3 is 19.1 Å². The summed E-state index contributed by atoms with van der Waals surface area (Å²) in [4.78, 5) is 13.7. The zero-order valence-electron chi connectivity index (χ0n) is 19.3. The number of hydrogen-bond donors (Lipinski definition) is 1. The largest absolute Gasteiger partial charge is 0.507 e. The molecule has 0 saturated heterocycles. The number of ether oxygens (including phenoxy) is 2. The fourth-order valence-electron chi connectivity index (χ4n) is 5.12. The zero-order valence-corrected chi connectivity index (χ0v) is 19.3. The minimum atomic E-state index is 0.102. The van der Waals surface area contributed by atoms with Crippen molar-refractivity contribution in [1.82, 2.24) is 4.57 Å².